The standard InChI is InChI=1S/C11H14N2O5.C6H12O3.C5H3ClN2O2/c1-11(2)17-6-7(18-11)5-16-9-4-12-3-8(13-9)10(14)15;1-6(2)8-4-5(3-7)9-6;6-4-2-7-1-3(8-4)5(9)10/h3-4,7H,5-6H2,1-2H3,(H,14,15);5,7H,3-4H2,1-2H3;1-2H,(H,9,10)/t7-;;/m1../s1. The van der Waals surface area contributed by atoms with Crippen molar-refractivity contribution >= 4 is 23.5 Å². The second kappa shape index (κ2) is 13.5. The lowest BCUT2D eigenvalue weighted by Crippen LogP contribution is -2.25. The molecule has 0 aliphatic carbocycles. The van der Waals surface area contributed by atoms with E-state index >= 15 is 0 Å². The van der Waals surface area contributed by atoms with Gasteiger partial charge in [0.2, 0.25) is 5.88 Å². The first-order valence-corrected chi connectivity index (χ1v) is 11.3. The van der Waals surface area contributed by atoms with Crippen LogP contribution in [0.25, 0.3) is 0 Å². The number of halogens is 1. The predicted molar refractivity (Wildman–Crippen MR) is 125 cm³/mol. The second-order valence-electron chi connectivity index (χ2n) is 8.47. The van der Waals surface area contributed by atoms with Crippen LogP contribution in [0.2, 0.25) is 5.15 Å². The molecule has 2 aromatic heterocycles. The van der Waals surface area contributed by atoms with Crippen LogP contribution in [-0.2, 0) is 18.9 Å². The molecular weight excluding hydrogens is 516 g/mol. The van der Waals surface area contributed by atoms with Crippen molar-refractivity contribution < 1.29 is 48.6 Å². The molecule has 2 aromatic rings. The molecule has 204 valence electrons. The number of nitrogens with zero attached hydrogens (tertiary/aromatic N) is 4. The minimum atomic E-state index is -1.14. The zero-order valence-corrected chi connectivity index (χ0v) is 21.4. The molecule has 0 aromatic carbocycles. The summed E-state index contributed by atoms with van der Waals surface area (Å²) in [5, 5.41) is 25.8. The zero-order valence-electron chi connectivity index (χ0n) is 20.7. The molecule has 0 amide bonds. The zero-order chi connectivity index (χ0) is 27.6. The molecule has 4 rings (SSSR count). The average Bonchev–Trinajstić information content (AvgIpc) is 3.38. The Kier molecular flexibility index (Phi) is 11.0. The lowest BCUT2D eigenvalue weighted by Gasteiger charge is -2.17. The Morgan fingerprint density at radius 3 is 1.84 bits per heavy atom. The second-order valence-corrected chi connectivity index (χ2v) is 8.86. The van der Waals surface area contributed by atoms with Gasteiger partial charge in [0.1, 0.15) is 24.0 Å². The van der Waals surface area contributed by atoms with Crippen molar-refractivity contribution in [2.75, 3.05) is 26.4 Å². The van der Waals surface area contributed by atoms with Crippen molar-refractivity contribution in [3.63, 3.8) is 0 Å². The van der Waals surface area contributed by atoms with Gasteiger partial charge in [-0.2, -0.15) is 0 Å². The summed E-state index contributed by atoms with van der Waals surface area (Å²) in [4.78, 5) is 35.4. The molecule has 0 bridgehead atoms. The molecule has 14 nitrogen and oxygen atoms in total. The van der Waals surface area contributed by atoms with Crippen LogP contribution in [0.5, 0.6) is 5.88 Å². The molecule has 2 atom stereocenters. The lowest BCUT2D eigenvalue weighted by atomic mass is 10.4. The van der Waals surface area contributed by atoms with Gasteiger partial charge < -0.3 is 39.0 Å². The molecule has 2 aliphatic heterocycles. The number of aliphatic hydroxyl groups is 1. The van der Waals surface area contributed by atoms with Gasteiger partial charge >= 0.3 is 11.9 Å². The van der Waals surface area contributed by atoms with Gasteiger partial charge in [-0.15, -0.1) is 0 Å². The van der Waals surface area contributed by atoms with E-state index in [1.54, 1.807) is 0 Å². The number of carboxylic acid groups (broad SMARTS) is 2. The average molecular weight is 545 g/mol. The fraction of sp³-hybridized carbons (Fsp3) is 0.545. The largest absolute Gasteiger partial charge is 0.476 e. The molecular formula is C22H29ClN4O10. The Balaban J connectivity index is 0.000000214. The molecule has 1 unspecified atom stereocenters. The van der Waals surface area contributed by atoms with E-state index in [4.69, 9.17) is 50.6 Å². The van der Waals surface area contributed by atoms with Gasteiger partial charge in [-0.25, -0.2) is 19.6 Å². The molecule has 2 saturated heterocycles. The molecule has 37 heavy (non-hydrogen) atoms. The molecule has 15 heteroatoms. The number of hydrogen-bond donors (Lipinski definition) is 3. The van der Waals surface area contributed by atoms with E-state index in [1.807, 2.05) is 27.7 Å². The number of aromatic carboxylic acids is 2. The van der Waals surface area contributed by atoms with Gasteiger partial charge in [-0.3, -0.25) is 9.97 Å². The fourth-order valence-corrected chi connectivity index (χ4v) is 2.99. The topological polar surface area (TPSA) is 193 Å². The van der Waals surface area contributed by atoms with Crippen LogP contribution >= 0.6 is 11.6 Å². The lowest BCUT2D eigenvalue weighted by molar-refractivity contribution is -0.142. The minimum Gasteiger partial charge on any atom is -0.476 e. The third-order valence-electron chi connectivity index (χ3n) is 4.41. The highest BCUT2D eigenvalue weighted by Crippen LogP contribution is 2.23. The van der Waals surface area contributed by atoms with E-state index < -0.39 is 23.5 Å². The van der Waals surface area contributed by atoms with Gasteiger partial charge in [0, 0.05) is 0 Å². The van der Waals surface area contributed by atoms with Crippen molar-refractivity contribution in [3.8, 4) is 5.88 Å². The highest BCUT2D eigenvalue weighted by Gasteiger charge is 2.33. The number of carboxylic acids is 2. The molecule has 2 aliphatic rings. The van der Waals surface area contributed by atoms with E-state index in [0.717, 1.165) is 12.4 Å². The summed E-state index contributed by atoms with van der Waals surface area (Å²) in [6, 6.07) is 0. The summed E-state index contributed by atoms with van der Waals surface area (Å²) < 4.78 is 26.6. The van der Waals surface area contributed by atoms with Gasteiger partial charge in [0.25, 0.3) is 0 Å². The third-order valence-corrected chi connectivity index (χ3v) is 4.59. The first-order chi connectivity index (χ1) is 17.3. The number of hydrogen-bond acceptors (Lipinski definition) is 12. The van der Waals surface area contributed by atoms with Crippen molar-refractivity contribution in [2.45, 2.75) is 51.5 Å². The first-order valence-electron chi connectivity index (χ1n) is 10.9. The Morgan fingerprint density at radius 2 is 1.43 bits per heavy atom. The maximum absolute atomic E-state index is 10.7. The summed E-state index contributed by atoms with van der Waals surface area (Å²) >= 11 is 5.35. The van der Waals surface area contributed by atoms with E-state index in [0.29, 0.717) is 13.2 Å². The van der Waals surface area contributed by atoms with E-state index in [-0.39, 0.29) is 47.8 Å². The number of aliphatic hydroxyl groups excluding tert-OH is 1. The Bertz CT molecular complexity index is 1060. The normalized spacial score (nSPS) is 21.1. The molecule has 0 radical (unpaired) electrons. The van der Waals surface area contributed by atoms with Crippen LogP contribution in [0.1, 0.15) is 48.7 Å². The Labute approximate surface area is 217 Å². The van der Waals surface area contributed by atoms with Crippen LogP contribution in [0.15, 0.2) is 24.8 Å². The maximum Gasteiger partial charge on any atom is 0.356 e. The molecule has 3 N–H and O–H groups in total. The van der Waals surface area contributed by atoms with E-state index in [1.165, 1.54) is 12.4 Å². The summed E-state index contributed by atoms with van der Waals surface area (Å²) in [6.07, 6.45) is 4.60. The highest BCUT2D eigenvalue weighted by atomic mass is 35.5. The Hall–Kier alpha value is -3.01. The van der Waals surface area contributed by atoms with Gasteiger partial charge in [0.15, 0.2) is 23.0 Å². The third kappa shape index (κ3) is 10.9. The summed E-state index contributed by atoms with van der Waals surface area (Å²) in [5.74, 6) is -3.22. The molecule has 0 spiro atoms. The van der Waals surface area contributed by atoms with Crippen molar-refractivity contribution in [2.24, 2.45) is 0 Å². The quantitative estimate of drug-likeness (QED) is 0.475. The van der Waals surface area contributed by atoms with Gasteiger partial charge in [0.05, 0.1) is 44.6 Å². The number of ether oxygens (including phenoxy) is 5. The van der Waals surface area contributed by atoms with Crippen LogP contribution < -0.4 is 4.74 Å². The first kappa shape index (κ1) is 30.2. The van der Waals surface area contributed by atoms with Crippen molar-refractivity contribution in [3.05, 3.63) is 41.3 Å². The van der Waals surface area contributed by atoms with Crippen LogP contribution in [-0.4, -0.2) is 97.4 Å². The number of carbonyl (C=O) groups is 2. The summed E-state index contributed by atoms with van der Waals surface area (Å²) in [6.45, 7) is 8.52. The van der Waals surface area contributed by atoms with Crippen molar-refractivity contribution in [1.82, 2.24) is 19.9 Å². The minimum absolute atomic E-state index is 0.0451. The maximum atomic E-state index is 10.7. The number of rotatable bonds is 6. The molecule has 2 fully saturated rings. The van der Waals surface area contributed by atoms with Crippen LogP contribution in [0.3, 0.4) is 0 Å². The Morgan fingerprint density at radius 1 is 0.919 bits per heavy atom. The van der Waals surface area contributed by atoms with Crippen LogP contribution in [0, 0.1) is 0 Å². The summed E-state index contributed by atoms with van der Waals surface area (Å²) in [5.41, 5.74) is -0.302. The predicted octanol–water partition coefficient (Wildman–Crippen LogP) is 1.66. The van der Waals surface area contributed by atoms with Crippen LogP contribution in [0.4, 0.5) is 0 Å². The fourth-order valence-electron chi connectivity index (χ4n) is 2.84. The molecule has 0 saturated carbocycles. The van der Waals surface area contributed by atoms with E-state index in [9.17, 15) is 9.59 Å². The van der Waals surface area contributed by atoms with Crippen molar-refractivity contribution in [1.29, 1.82) is 0 Å². The van der Waals surface area contributed by atoms with Gasteiger partial charge in [-0.05, 0) is 27.7 Å². The van der Waals surface area contributed by atoms with Gasteiger partial charge in [-0.1, -0.05) is 11.6 Å². The highest BCUT2D eigenvalue weighted by molar-refractivity contribution is 6.29. The van der Waals surface area contributed by atoms with E-state index in [2.05, 4.69) is 19.9 Å². The molecule has 4 heterocycles. The smallest absolute Gasteiger partial charge is 0.356 e. The summed E-state index contributed by atoms with van der Waals surface area (Å²) in [7, 11) is 0. The SMILES string of the molecule is CC1(C)OCC(CO)O1.CC1(C)OC[C@@H](COc2cncc(C(=O)O)n2)O1.O=C(O)c1cncc(Cl)n1. The number of aromatic nitrogens is 4. The monoisotopic (exact) mass is 544 g/mol.